The van der Waals surface area contributed by atoms with E-state index in [1.807, 2.05) is 17.0 Å². The van der Waals surface area contributed by atoms with E-state index >= 15 is 0 Å². The highest BCUT2D eigenvalue weighted by molar-refractivity contribution is 5.83. The van der Waals surface area contributed by atoms with Gasteiger partial charge >= 0.3 is 6.09 Å². The van der Waals surface area contributed by atoms with Gasteiger partial charge in [0.2, 0.25) is 5.91 Å². The van der Waals surface area contributed by atoms with E-state index in [0.717, 1.165) is 51.0 Å². The number of cyclic esters (lactones) is 1. The second kappa shape index (κ2) is 7.46. The molecule has 3 aliphatic heterocycles. The van der Waals surface area contributed by atoms with E-state index in [0.29, 0.717) is 19.7 Å². The molecule has 0 saturated carbocycles. The maximum Gasteiger partial charge on any atom is 0.410 e. The maximum absolute atomic E-state index is 14.0. The lowest BCUT2D eigenvalue weighted by Crippen LogP contribution is -2.46. The van der Waals surface area contributed by atoms with Gasteiger partial charge in [0, 0.05) is 37.2 Å². The van der Waals surface area contributed by atoms with Crippen molar-refractivity contribution in [1.29, 1.82) is 0 Å². The molecular weight excluding hydrogens is 349 g/mol. The van der Waals surface area contributed by atoms with Gasteiger partial charge in [-0.05, 0) is 31.9 Å². The van der Waals surface area contributed by atoms with E-state index in [1.165, 1.54) is 11.0 Å². The summed E-state index contributed by atoms with van der Waals surface area (Å²) in [6.45, 7) is 4.87. The van der Waals surface area contributed by atoms with Crippen molar-refractivity contribution < 1.29 is 18.7 Å². The Balaban J connectivity index is 1.35. The first-order valence-corrected chi connectivity index (χ1v) is 9.70. The fourth-order valence-electron chi connectivity index (χ4n) is 4.63. The largest absolute Gasteiger partial charge is 0.448 e. The van der Waals surface area contributed by atoms with Crippen LogP contribution in [0.4, 0.5) is 9.18 Å². The second-order valence-electron chi connectivity index (χ2n) is 8.01. The van der Waals surface area contributed by atoms with Crippen molar-refractivity contribution in [1.82, 2.24) is 14.7 Å². The lowest BCUT2D eigenvalue weighted by molar-refractivity contribution is -0.131. The van der Waals surface area contributed by atoms with Gasteiger partial charge in [-0.1, -0.05) is 18.2 Å². The first-order valence-electron chi connectivity index (χ1n) is 9.70. The van der Waals surface area contributed by atoms with Crippen molar-refractivity contribution in [3.05, 3.63) is 35.6 Å². The van der Waals surface area contributed by atoms with Crippen molar-refractivity contribution in [3.8, 4) is 0 Å². The number of likely N-dealkylation sites (tertiary alicyclic amines) is 2. The number of piperidine rings is 1. The third-order valence-corrected chi connectivity index (χ3v) is 6.05. The Kier molecular flexibility index (Phi) is 5.04. The van der Waals surface area contributed by atoms with Crippen LogP contribution in [0, 0.1) is 11.2 Å². The number of amides is 2. The lowest BCUT2D eigenvalue weighted by Gasteiger charge is -2.40. The van der Waals surface area contributed by atoms with Gasteiger partial charge in [-0.15, -0.1) is 0 Å². The Hall–Kier alpha value is -2.15. The molecule has 27 heavy (non-hydrogen) atoms. The number of ether oxygens (including phenoxy) is 1. The molecule has 2 amide bonds. The van der Waals surface area contributed by atoms with Crippen LogP contribution in [0.5, 0.6) is 0 Å². The van der Waals surface area contributed by atoms with E-state index in [-0.39, 0.29) is 23.7 Å². The molecule has 3 aliphatic rings. The molecule has 7 heteroatoms. The van der Waals surface area contributed by atoms with Crippen molar-refractivity contribution in [2.75, 3.05) is 45.9 Å². The fraction of sp³-hybridized carbons (Fsp3) is 0.600. The number of carbonyl (C=O) groups is 2. The zero-order valence-corrected chi connectivity index (χ0v) is 15.5. The van der Waals surface area contributed by atoms with Crippen LogP contribution in [0.15, 0.2) is 24.3 Å². The Morgan fingerprint density at radius 1 is 1.15 bits per heavy atom. The minimum Gasteiger partial charge on any atom is -0.448 e. The molecule has 146 valence electrons. The van der Waals surface area contributed by atoms with Gasteiger partial charge in [0.15, 0.2) is 0 Å². The first-order chi connectivity index (χ1) is 13.0. The van der Waals surface area contributed by atoms with Gasteiger partial charge in [0.25, 0.3) is 0 Å². The third-order valence-electron chi connectivity index (χ3n) is 6.05. The van der Waals surface area contributed by atoms with E-state index < -0.39 is 6.09 Å². The molecule has 1 atom stereocenters. The molecule has 0 radical (unpaired) electrons. The summed E-state index contributed by atoms with van der Waals surface area (Å²) in [6.07, 6.45) is 2.73. The normalized spacial score (nSPS) is 26.0. The number of rotatable bonds is 4. The topological polar surface area (TPSA) is 53.1 Å². The third kappa shape index (κ3) is 3.93. The standard InChI is InChI=1S/C20H26FN3O3/c21-17-5-2-1-4-16(17)12-22-8-3-6-20(14-22)7-9-24(15-20)18(25)13-23-10-11-27-19(23)26/h1-2,4-5H,3,6-15H2/t20-/m1/s1. The summed E-state index contributed by atoms with van der Waals surface area (Å²) in [5, 5.41) is 0. The van der Waals surface area contributed by atoms with Crippen LogP contribution >= 0.6 is 0 Å². The smallest absolute Gasteiger partial charge is 0.410 e. The van der Waals surface area contributed by atoms with Gasteiger partial charge in [-0.2, -0.15) is 0 Å². The monoisotopic (exact) mass is 375 g/mol. The molecular formula is C20H26FN3O3. The Bertz CT molecular complexity index is 728. The molecule has 0 N–H and O–H groups in total. The second-order valence-corrected chi connectivity index (χ2v) is 8.01. The van der Waals surface area contributed by atoms with E-state index in [1.54, 1.807) is 6.07 Å². The Morgan fingerprint density at radius 2 is 2.00 bits per heavy atom. The van der Waals surface area contributed by atoms with E-state index in [4.69, 9.17) is 4.74 Å². The Labute approximate surface area is 158 Å². The average Bonchev–Trinajstić information content (AvgIpc) is 3.24. The van der Waals surface area contributed by atoms with Gasteiger partial charge in [0.05, 0.1) is 6.54 Å². The minimum absolute atomic E-state index is 0.00282. The van der Waals surface area contributed by atoms with Gasteiger partial charge in [0.1, 0.15) is 19.0 Å². The molecule has 3 heterocycles. The zero-order valence-electron chi connectivity index (χ0n) is 15.5. The number of halogens is 1. The van der Waals surface area contributed by atoms with Gasteiger partial charge < -0.3 is 9.64 Å². The molecule has 0 bridgehead atoms. The van der Waals surface area contributed by atoms with Crippen molar-refractivity contribution >= 4 is 12.0 Å². The van der Waals surface area contributed by atoms with Crippen molar-refractivity contribution in [3.63, 3.8) is 0 Å². The van der Waals surface area contributed by atoms with Crippen LogP contribution in [0.3, 0.4) is 0 Å². The number of nitrogens with zero attached hydrogens (tertiary/aromatic N) is 3. The summed E-state index contributed by atoms with van der Waals surface area (Å²) < 4.78 is 18.9. The van der Waals surface area contributed by atoms with Crippen LogP contribution in [0.25, 0.3) is 0 Å². The zero-order chi connectivity index (χ0) is 18.9. The van der Waals surface area contributed by atoms with Gasteiger partial charge in [-0.3, -0.25) is 14.6 Å². The van der Waals surface area contributed by atoms with Crippen molar-refractivity contribution in [2.45, 2.75) is 25.8 Å². The number of hydrogen-bond acceptors (Lipinski definition) is 4. The summed E-state index contributed by atoms with van der Waals surface area (Å²) in [4.78, 5) is 29.8. The highest BCUT2D eigenvalue weighted by atomic mass is 19.1. The molecule has 0 aliphatic carbocycles. The molecule has 1 aromatic carbocycles. The summed E-state index contributed by atoms with van der Waals surface area (Å²) in [5.74, 6) is -0.158. The summed E-state index contributed by atoms with van der Waals surface area (Å²) >= 11 is 0. The summed E-state index contributed by atoms with van der Waals surface area (Å²) in [7, 11) is 0. The number of carbonyl (C=O) groups excluding carboxylic acids is 2. The SMILES string of the molecule is O=C(CN1CCOC1=O)N1CC[C@@]2(CCCN(Cc3ccccc3F)C2)C1. The average molecular weight is 375 g/mol. The quantitative estimate of drug-likeness (QED) is 0.809. The fourth-order valence-corrected chi connectivity index (χ4v) is 4.63. The molecule has 4 rings (SSSR count). The van der Waals surface area contributed by atoms with Crippen LogP contribution in [0.2, 0.25) is 0 Å². The molecule has 6 nitrogen and oxygen atoms in total. The minimum atomic E-state index is -0.397. The molecule has 1 aromatic rings. The molecule has 3 saturated heterocycles. The lowest BCUT2D eigenvalue weighted by atomic mass is 9.79. The molecule has 3 fully saturated rings. The highest BCUT2D eigenvalue weighted by Gasteiger charge is 2.43. The van der Waals surface area contributed by atoms with E-state index in [9.17, 15) is 14.0 Å². The number of benzene rings is 1. The van der Waals surface area contributed by atoms with Crippen LogP contribution in [0.1, 0.15) is 24.8 Å². The Morgan fingerprint density at radius 3 is 2.78 bits per heavy atom. The van der Waals surface area contributed by atoms with Crippen molar-refractivity contribution in [2.24, 2.45) is 5.41 Å². The summed E-state index contributed by atoms with van der Waals surface area (Å²) in [5.41, 5.74) is 0.818. The number of hydrogen-bond donors (Lipinski definition) is 0. The first kappa shape index (κ1) is 18.2. The van der Waals surface area contributed by atoms with Gasteiger partial charge in [-0.25, -0.2) is 9.18 Å². The predicted octanol–water partition coefficient (Wildman–Crippen LogP) is 2.09. The molecule has 0 aromatic heterocycles. The molecule has 1 spiro atoms. The maximum atomic E-state index is 14.0. The van der Waals surface area contributed by atoms with Crippen LogP contribution < -0.4 is 0 Å². The van der Waals surface area contributed by atoms with Crippen LogP contribution in [-0.2, 0) is 16.1 Å². The van der Waals surface area contributed by atoms with E-state index in [2.05, 4.69) is 4.90 Å². The van der Waals surface area contributed by atoms with Crippen LogP contribution in [-0.4, -0.2) is 72.6 Å². The summed E-state index contributed by atoms with van der Waals surface area (Å²) in [6, 6.07) is 6.94. The predicted molar refractivity (Wildman–Crippen MR) is 97.5 cm³/mol. The molecule has 0 unspecified atom stereocenters. The highest BCUT2D eigenvalue weighted by Crippen LogP contribution is 2.39.